The van der Waals surface area contributed by atoms with E-state index in [1.165, 1.54) is 69.8 Å². The van der Waals surface area contributed by atoms with Crippen LogP contribution in [0.2, 0.25) is 0 Å². The van der Waals surface area contributed by atoms with Crippen molar-refractivity contribution in [2.75, 3.05) is 6.54 Å². The molecule has 28 heavy (non-hydrogen) atoms. The third kappa shape index (κ3) is 9.34. The smallest absolute Gasteiger partial charge is 0.154 e. The summed E-state index contributed by atoms with van der Waals surface area (Å²) < 4.78 is 0. The molecular weight excluding hydrogens is 346 g/mol. The quantitative estimate of drug-likeness (QED) is 0.422. The van der Waals surface area contributed by atoms with Crippen LogP contribution in [-0.2, 0) is 17.6 Å². The number of piperidine rings is 1. The lowest BCUT2D eigenvalue weighted by atomic mass is 9.94. The summed E-state index contributed by atoms with van der Waals surface area (Å²) in [5, 5.41) is 13.0. The Morgan fingerprint density at radius 3 is 2.11 bits per heavy atom. The van der Waals surface area contributed by atoms with E-state index in [2.05, 4.69) is 36.5 Å². The van der Waals surface area contributed by atoms with E-state index < -0.39 is 0 Å². The highest BCUT2D eigenvalue weighted by atomic mass is 16.3. The van der Waals surface area contributed by atoms with Gasteiger partial charge in [-0.3, -0.25) is 4.79 Å². The Balaban J connectivity index is 1.55. The van der Waals surface area contributed by atoms with Crippen molar-refractivity contribution >= 4 is 5.78 Å². The van der Waals surface area contributed by atoms with Gasteiger partial charge in [0, 0.05) is 6.42 Å². The van der Waals surface area contributed by atoms with Crippen molar-refractivity contribution in [3.63, 3.8) is 0 Å². The van der Waals surface area contributed by atoms with Crippen LogP contribution in [0, 0.1) is 0 Å². The van der Waals surface area contributed by atoms with Crippen molar-refractivity contribution < 1.29 is 9.90 Å². The minimum atomic E-state index is -0.335. The van der Waals surface area contributed by atoms with Gasteiger partial charge >= 0.3 is 0 Å². The van der Waals surface area contributed by atoms with Gasteiger partial charge in [-0.2, -0.15) is 0 Å². The molecule has 1 heterocycles. The molecule has 1 aliphatic heterocycles. The number of unbranched alkanes of at least 4 members (excludes halogenated alkanes) is 9. The summed E-state index contributed by atoms with van der Waals surface area (Å²) in [5.41, 5.74) is 2.46. The summed E-state index contributed by atoms with van der Waals surface area (Å²) in [7, 11) is 0. The van der Waals surface area contributed by atoms with Crippen LogP contribution in [-0.4, -0.2) is 29.6 Å². The number of carbonyl (C=O) groups is 1. The molecule has 2 atom stereocenters. The maximum Gasteiger partial charge on any atom is 0.154 e. The van der Waals surface area contributed by atoms with Crippen LogP contribution in [0.1, 0.15) is 95.1 Å². The first-order valence-corrected chi connectivity index (χ1v) is 11.7. The van der Waals surface area contributed by atoms with Gasteiger partial charge in [-0.15, -0.1) is 0 Å². The minimum Gasteiger partial charge on any atom is -0.393 e. The molecular formula is C25H41NO2. The fraction of sp³-hybridized carbons (Fsp3) is 0.720. The molecule has 0 bridgehead atoms. The molecule has 1 aliphatic rings. The number of carbonyl (C=O) groups excluding carboxylic acids is 1. The van der Waals surface area contributed by atoms with E-state index in [-0.39, 0.29) is 17.9 Å². The van der Waals surface area contributed by atoms with Crippen LogP contribution in [0.3, 0.4) is 0 Å². The van der Waals surface area contributed by atoms with Crippen LogP contribution >= 0.6 is 0 Å². The van der Waals surface area contributed by atoms with Crippen LogP contribution in [0.5, 0.6) is 0 Å². The van der Waals surface area contributed by atoms with Crippen molar-refractivity contribution in [2.45, 2.75) is 109 Å². The molecule has 0 amide bonds. The maximum atomic E-state index is 12.4. The Bertz CT molecular complexity index is 540. The average molecular weight is 388 g/mol. The average Bonchev–Trinajstić information content (AvgIpc) is 2.70. The minimum absolute atomic E-state index is 0.185. The second-order valence-corrected chi connectivity index (χ2v) is 8.58. The van der Waals surface area contributed by atoms with Gasteiger partial charge in [0.15, 0.2) is 5.78 Å². The van der Waals surface area contributed by atoms with Crippen molar-refractivity contribution in [3.05, 3.63) is 35.4 Å². The van der Waals surface area contributed by atoms with E-state index in [1.807, 2.05) is 0 Å². The zero-order valence-electron chi connectivity index (χ0n) is 17.9. The fourth-order valence-corrected chi connectivity index (χ4v) is 4.11. The molecule has 0 spiro atoms. The Hall–Kier alpha value is -1.19. The first kappa shape index (κ1) is 23.1. The maximum absolute atomic E-state index is 12.4. The molecule has 0 radical (unpaired) electrons. The lowest BCUT2D eigenvalue weighted by Crippen LogP contribution is -2.45. The SMILES string of the molecule is CCCCCCCCCCCCc1ccc(CC(=O)C2C[C@H](O)CCN2)cc1. The lowest BCUT2D eigenvalue weighted by molar-refractivity contribution is -0.121. The number of benzene rings is 1. The van der Waals surface area contributed by atoms with E-state index in [1.54, 1.807) is 0 Å². The van der Waals surface area contributed by atoms with E-state index >= 15 is 0 Å². The summed E-state index contributed by atoms with van der Waals surface area (Å²) >= 11 is 0. The van der Waals surface area contributed by atoms with Gasteiger partial charge in [-0.25, -0.2) is 0 Å². The Labute approximate surface area is 172 Å². The molecule has 0 saturated carbocycles. The monoisotopic (exact) mass is 387 g/mol. The zero-order chi connectivity index (χ0) is 20.0. The molecule has 1 saturated heterocycles. The molecule has 2 N–H and O–H groups in total. The largest absolute Gasteiger partial charge is 0.393 e. The van der Waals surface area contributed by atoms with Crippen LogP contribution in [0.25, 0.3) is 0 Å². The first-order chi connectivity index (χ1) is 13.7. The molecule has 1 fully saturated rings. The van der Waals surface area contributed by atoms with Gasteiger partial charge in [0.1, 0.15) is 0 Å². The molecule has 1 aromatic carbocycles. The zero-order valence-corrected chi connectivity index (χ0v) is 17.9. The summed E-state index contributed by atoms with van der Waals surface area (Å²) in [6, 6.07) is 8.37. The number of aryl methyl sites for hydroxylation is 1. The van der Waals surface area contributed by atoms with Crippen LogP contribution in [0.4, 0.5) is 0 Å². The fourth-order valence-electron chi connectivity index (χ4n) is 4.11. The number of hydrogen-bond donors (Lipinski definition) is 2. The summed E-state index contributed by atoms with van der Waals surface area (Å²) in [5.74, 6) is 0.196. The van der Waals surface area contributed by atoms with Gasteiger partial charge in [0.05, 0.1) is 12.1 Å². The number of hydrogen-bond acceptors (Lipinski definition) is 3. The number of aliphatic hydroxyl groups excluding tert-OH is 1. The van der Waals surface area contributed by atoms with Crippen molar-refractivity contribution in [1.82, 2.24) is 5.32 Å². The third-order valence-corrected chi connectivity index (χ3v) is 5.99. The lowest BCUT2D eigenvalue weighted by Gasteiger charge is -2.26. The number of ketones is 1. The second kappa shape index (κ2) is 13.9. The summed E-state index contributed by atoms with van der Waals surface area (Å²) in [6.45, 7) is 3.00. The first-order valence-electron chi connectivity index (χ1n) is 11.7. The normalized spacial score (nSPS) is 19.6. The van der Waals surface area contributed by atoms with Gasteiger partial charge in [-0.1, -0.05) is 89.0 Å². The predicted octanol–water partition coefficient (Wildman–Crippen LogP) is 5.37. The number of rotatable bonds is 14. The molecule has 2 rings (SSSR count). The van der Waals surface area contributed by atoms with Crippen LogP contribution in [0.15, 0.2) is 24.3 Å². The van der Waals surface area contributed by atoms with E-state index in [0.717, 1.165) is 24.9 Å². The number of Topliss-reactive ketones (excluding diaryl/α,β-unsaturated/α-hetero) is 1. The second-order valence-electron chi connectivity index (χ2n) is 8.58. The van der Waals surface area contributed by atoms with E-state index in [9.17, 15) is 9.90 Å². The van der Waals surface area contributed by atoms with Gasteiger partial charge in [0.25, 0.3) is 0 Å². The molecule has 0 aromatic heterocycles. The number of aliphatic hydroxyl groups is 1. The van der Waals surface area contributed by atoms with Crippen molar-refractivity contribution in [1.29, 1.82) is 0 Å². The van der Waals surface area contributed by atoms with Gasteiger partial charge in [0.2, 0.25) is 0 Å². The topological polar surface area (TPSA) is 49.3 Å². The van der Waals surface area contributed by atoms with Gasteiger partial charge < -0.3 is 10.4 Å². The highest BCUT2D eigenvalue weighted by Crippen LogP contribution is 2.15. The molecule has 3 heteroatoms. The molecule has 1 unspecified atom stereocenters. The molecule has 3 nitrogen and oxygen atoms in total. The Morgan fingerprint density at radius 2 is 1.50 bits per heavy atom. The van der Waals surface area contributed by atoms with E-state index in [4.69, 9.17) is 0 Å². The molecule has 1 aromatic rings. The Kier molecular flexibility index (Phi) is 11.5. The summed E-state index contributed by atoms with van der Waals surface area (Å²) in [6.07, 6.45) is 16.3. The van der Waals surface area contributed by atoms with Crippen molar-refractivity contribution in [2.24, 2.45) is 0 Å². The highest BCUT2D eigenvalue weighted by Gasteiger charge is 2.25. The predicted molar refractivity (Wildman–Crippen MR) is 118 cm³/mol. The van der Waals surface area contributed by atoms with Crippen molar-refractivity contribution in [3.8, 4) is 0 Å². The number of nitrogens with one attached hydrogen (secondary N) is 1. The highest BCUT2D eigenvalue weighted by molar-refractivity contribution is 5.86. The van der Waals surface area contributed by atoms with E-state index in [0.29, 0.717) is 12.8 Å². The standard InChI is InChI=1S/C25H41NO2/c1-2-3-4-5-6-7-8-9-10-11-12-21-13-15-22(16-14-21)19-25(28)24-20-23(27)17-18-26-24/h13-16,23-24,26-27H,2-12,17-20H2,1H3/t23-,24?/m1/s1. The Morgan fingerprint density at radius 1 is 0.929 bits per heavy atom. The summed E-state index contributed by atoms with van der Waals surface area (Å²) in [4.78, 5) is 12.4. The van der Waals surface area contributed by atoms with Gasteiger partial charge in [-0.05, 0) is 43.4 Å². The molecule has 0 aliphatic carbocycles. The van der Waals surface area contributed by atoms with Crippen LogP contribution < -0.4 is 5.32 Å². The third-order valence-electron chi connectivity index (χ3n) is 5.99. The molecule has 158 valence electrons.